The van der Waals surface area contributed by atoms with E-state index >= 15 is 0 Å². The molecule has 0 saturated carbocycles. The Balaban J connectivity index is 1.86. The molecule has 20 heavy (non-hydrogen) atoms. The van der Waals surface area contributed by atoms with Gasteiger partial charge in [-0.15, -0.1) is 0 Å². The number of aromatic nitrogens is 2. The summed E-state index contributed by atoms with van der Waals surface area (Å²) in [4.78, 5) is 8.91. The minimum absolute atomic E-state index is 0.817. The van der Waals surface area contributed by atoms with Crippen LogP contribution in [0.15, 0.2) is 66.9 Å². The topological polar surface area (TPSA) is 37.8 Å². The van der Waals surface area contributed by atoms with Crippen LogP contribution in [0.5, 0.6) is 0 Å². The van der Waals surface area contributed by atoms with Crippen LogP contribution >= 0.6 is 0 Å². The van der Waals surface area contributed by atoms with Crippen LogP contribution in [0.3, 0.4) is 0 Å². The summed E-state index contributed by atoms with van der Waals surface area (Å²) in [5.74, 6) is 0.817. The van der Waals surface area contributed by atoms with Gasteiger partial charge >= 0.3 is 0 Å². The minimum Gasteiger partial charge on any atom is -0.340 e. The van der Waals surface area contributed by atoms with Gasteiger partial charge in [-0.05, 0) is 43.3 Å². The number of hydrogen-bond donors (Lipinski definition) is 1. The van der Waals surface area contributed by atoms with E-state index in [4.69, 9.17) is 0 Å². The molecule has 98 valence electrons. The summed E-state index contributed by atoms with van der Waals surface area (Å²) in [6, 6.07) is 20.0. The Labute approximate surface area is 118 Å². The highest BCUT2D eigenvalue weighted by atomic mass is 15.0. The van der Waals surface area contributed by atoms with Crippen molar-refractivity contribution >= 4 is 11.5 Å². The Morgan fingerprint density at radius 3 is 2.35 bits per heavy atom. The molecule has 0 aliphatic heterocycles. The number of rotatable bonds is 3. The van der Waals surface area contributed by atoms with Gasteiger partial charge in [-0.1, -0.05) is 29.8 Å². The lowest BCUT2D eigenvalue weighted by Crippen LogP contribution is -1.95. The summed E-state index contributed by atoms with van der Waals surface area (Å²) in [6.45, 7) is 2.07. The number of nitrogens with one attached hydrogen (secondary N) is 1. The van der Waals surface area contributed by atoms with E-state index in [1.54, 1.807) is 6.20 Å². The Bertz CT molecular complexity index is 691. The van der Waals surface area contributed by atoms with Crippen molar-refractivity contribution in [2.45, 2.75) is 6.92 Å². The molecular formula is C17H15N3. The second-order valence-corrected chi connectivity index (χ2v) is 4.61. The van der Waals surface area contributed by atoms with Gasteiger partial charge in [-0.25, -0.2) is 4.98 Å². The van der Waals surface area contributed by atoms with Crippen molar-refractivity contribution in [2.24, 2.45) is 0 Å². The average Bonchev–Trinajstić information content (AvgIpc) is 2.51. The van der Waals surface area contributed by atoms with Crippen molar-refractivity contribution in [1.29, 1.82) is 0 Å². The van der Waals surface area contributed by atoms with Gasteiger partial charge in [0.2, 0.25) is 0 Å². The summed E-state index contributed by atoms with van der Waals surface area (Å²) in [5, 5.41) is 3.30. The van der Waals surface area contributed by atoms with Gasteiger partial charge in [0.1, 0.15) is 5.82 Å². The monoisotopic (exact) mass is 261 g/mol. The SMILES string of the molecule is Cc1ccc(Nc2cccc(-c3ccccn3)n2)cc1. The van der Waals surface area contributed by atoms with Crippen molar-refractivity contribution in [3.05, 3.63) is 72.4 Å². The van der Waals surface area contributed by atoms with Gasteiger partial charge in [0.15, 0.2) is 0 Å². The van der Waals surface area contributed by atoms with E-state index in [0.717, 1.165) is 22.9 Å². The molecule has 0 fully saturated rings. The highest BCUT2D eigenvalue weighted by molar-refractivity contribution is 5.61. The van der Waals surface area contributed by atoms with E-state index in [2.05, 4.69) is 34.3 Å². The van der Waals surface area contributed by atoms with Crippen LogP contribution in [0, 0.1) is 6.92 Å². The molecule has 1 aromatic carbocycles. The zero-order chi connectivity index (χ0) is 13.8. The van der Waals surface area contributed by atoms with Crippen molar-refractivity contribution < 1.29 is 0 Å². The largest absolute Gasteiger partial charge is 0.340 e. The van der Waals surface area contributed by atoms with Crippen molar-refractivity contribution in [3.8, 4) is 11.4 Å². The molecule has 0 amide bonds. The zero-order valence-electron chi connectivity index (χ0n) is 11.2. The Hall–Kier alpha value is -2.68. The summed E-state index contributed by atoms with van der Waals surface area (Å²) < 4.78 is 0. The molecule has 0 saturated heterocycles. The van der Waals surface area contributed by atoms with Crippen LogP contribution in [0.25, 0.3) is 11.4 Å². The van der Waals surface area contributed by atoms with Gasteiger partial charge in [0, 0.05) is 11.9 Å². The molecule has 2 aromatic heterocycles. The molecule has 3 nitrogen and oxygen atoms in total. The number of hydrogen-bond acceptors (Lipinski definition) is 3. The molecule has 0 aliphatic carbocycles. The van der Waals surface area contributed by atoms with Gasteiger partial charge in [-0.2, -0.15) is 0 Å². The molecule has 0 bridgehead atoms. The molecule has 3 aromatic rings. The fourth-order valence-electron chi connectivity index (χ4n) is 1.95. The van der Waals surface area contributed by atoms with Crippen molar-refractivity contribution in [2.75, 3.05) is 5.32 Å². The molecular weight excluding hydrogens is 246 g/mol. The molecule has 3 heteroatoms. The Morgan fingerprint density at radius 1 is 0.800 bits per heavy atom. The quantitative estimate of drug-likeness (QED) is 0.768. The van der Waals surface area contributed by atoms with Gasteiger partial charge in [0.25, 0.3) is 0 Å². The molecule has 0 spiro atoms. The van der Waals surface area contributed by atoms with E-state index in [1.165, 1.54) is 5.56 Å². The average molecular weight is 261 g/mol. The fraction of sp³-hybridized carbons (Fsp3) is 0.0588. The lowest BCUT2D eigenvalue weighted by atomic mass is 10.2. The van der Waals surface area contributed by atoms with E-state index in [0.29, 0.717) is 0 Å². The van der Waals surface area contributed by atoms with Gasteiger partial charge in [-0.3, -0.25) is 4.98 Å². The summed E-state index contributed by atoms with van der Waals surface area (Å²) in [6.07, 6.45) is 1.77. The first-order valence-electron chi connectivity index (χ1n) is 6.53. The van der Waals surface area contributed by atoms with Crippen molar-refractivity contribution in [1.82, 2.24) is 9.97 Å². The maximum absolute atomic E-state index is 4.59. The fourth-order valence-corrected chi connectivity index (χ4v) is 1.95. The van der Waals surface area contributed by atoms with Crippen LogP contribution in [0.1, 0.15) is 5.56 Å². The second kappa shape index (κ2) is 5.53. The zero-order valence-corrected chi connectivity index (χ0v) is 11.2. The third-order valence-electron chi connectivity index (χ3n) is 3.00. The predicted molar refractivity (Wildman–Crippen MR) is 81.9 cm³/mol. The second-order valence-electron chi connectivity index (χ2n) is 4.61. The maximum atomic E-state index is 4.59. The lowest BCUT2D eigenvalue weighted by molar-refractivity contribution is 1.24. The molecule has 0 atom stereocenters. The Morgan fingerprint density at radius 2 is 1.60 bits per heavy atom. The first kappa shape index (κ1) is 12.4. The smallest absolute Gasteiger partial charge is 0.131 e. The Kier molecular flexibility index (Phi) is 3.42. The molecule has 0 unspecified atom stereocenters. The van der Waals surface area contributed by atoms with Crippen LogP contribution in [0.2, 0.25) is 0 Å². The molecule has 0 radical (unpaired) electrons. The van der Waals surface area contributed by atoms with Crippen LogP contribution in [0.4, 0.5) is 11.5 Å². The van der Waals surface area contributed by atoms with E-state index < -0.39 is 0 Å². The summed E-state index contributed by atoms with van der Waals surface area (Å²) in [7, 11) is 0. The summed E-state index contributed by atoms with van der Waals surface area (Å²) >= 11 is 0. The van der Waals surface area contributed by atoms with Gasteiger partial charge in [0.05, 0.1) is 11.4 Å². The first-order chi connectivity index (χ1) is 9.81. The summed E-state index contributed by atoms with van der Waals surface area (Å²) in [5.41, 5.74) is 4.01. The van der Waals surface area contributed by atoms with E-state index in [9.17, 15) is 0 Å². The normalized spacial score (nSPS) is 10.2. The predicted octanol–water partition coefficient (Wildman–Crippen LogP) is 4.20. The highest BCUT2D eigenvalue weighted by Gasteiger charge is 2.02. The third kappa shape index (κ3) is 2.83. The molecule has 3 rings (SSSR count). The number of aryl methyl sites for hydroxylation is 1. The molecule has 1 N–H and O–H groups in total. The molecule has 2 heterocycles. The number of nitrogens with zero attached hydrogens (tertiary/aromatic N) is 2. The van der Waals surface area contributed by atoms with Crippen LogP contribution in [-0.4, -0.2) is 9.97 Å². The van der Waals surface area contributed by atoms with Crippen LogP contribution in [-0.2, 0) is 0 Å². The number of pyridine rings is 2. The van der Waals surface area contributed by atoms with Crippen molar-refractivity contribution in [3.63, 3.8) is 0 Å². The van der Waals surface area contributed by atoms with E-state index in [1.807, 2.05) is 48.5 Å². The van der Waals surface area contributed by atoms with E-state index in [-0.39, 0.29) is 0 Å². The highest BCUT2D eigenvalue weighted by Crippen LogP contribution is 2.19. The standard InChI is InChI=1S/C17H15N3/c1-13-8-10-14(11-9-13)19-17-7-4-6-16(20-17)15-5-2-3-12-18-15/h2-12H,1H3,(H,19,20). The van der Waals surface area contributed by atoms with Crippen LogP contribution < -0.4 is 5.32 Å². The maximum Gasteiger partial charge on any atom is 0.131 e. The molecule has 0 aliphatic rings. The lowest BCUT2D eigenvalue weighted by Gasteiger charge is -2.07. The van der Waals surface area contributed by atoms with Gasteiger partial charge < -0.3 is 5.32 Å². The number of anilines is 2. The minimum atomic E-state index is 0.817. The number of benzene rings is 1. The third-order valence-corrected chi connectivity index (χ3v) is 3.00. The first-order valence-corrected chi connectivity index (χ1v) is 6.53.